The highest BCUT2D eigenvalue weighted by Crippen LogP contribution is 2.30. The van der Waals surface area contributed by atoms with E-state index in [2.05, 4.69) is 0 Å². The molecule has 0 spiro atoms. The summed E-state index contributed by atoms with van der Waals surface area (Å²) < 4.78 is 5.15. The molecule has 1 aromatic carbocycles. The minimum Gasteiger partial charge on any atom is -0.451 e. The van der Waals surface area contributed by atoms with Gasteiger partial charge in [0.25, 0.3) is 5.91 Å². The maximum absolute atomic E-state index is 12.1. The molecule has 0 unspecified atom stereocenters. The lowest BCUT2D eigenvalue weighted by Gasteiger charge is -2.16. The molecule has 3 rings (SSSR count). The van der Waals surface area contributed by atoms with E-state index in [9.17, 15) is 9.59 Å². The number of aryl methyl sites for hydroxylation is 2. The van der Waals surface area contributed by atoms with Crippen LogP contribution in [-0.4, -0.2) is 25.5 Å². The molecule has 1 aliphatic rings. The second kappa shape index (κ2) is 6.32. The van der Waals surface area contributed by atoms with Crippen LogP contribution in [0.5, 0.6) is 0 Å². The van der Waals surface area contributed by atoms with Crippen LogP contribution >= 0.6 is 11.3 Å². The minimum atomic E-state index is -0.408. The summed E-state index contributed by atoms with van der Waals surface area (Å²) in [7, 11) is 1.67. The lowest BCUT2D eigenvalue weighted by molar-refractivity contribution is -0.121. The van der Waals surface area contributed by atoms with Gasteiger partial charge in [0.05, 0.1) is 0 Å². The van der Waals surface area contributed by atoms with E-state index in [4.69, 9.17) is 4.74 Å². The van der Waals surface area contributed by atoms with E-state index >= 15 is 0 Å². The Hall–Kier alpha value is -2.14. The molecular weight excluding hydrogens is 298 g/mol. The molecule has 0 bridgehead atoms. The summed E-state index contributed by atoms with van der Waals surface area (Å²) >= 11 is 1.49. The number of carbonyl (C=O) groups is 2. The third-order valence-electron chi connectivity index (χ3n) is 3.79. The van der Waals surface area contributed by atoms with E-state index in [0.717, 1.165) is 24.9 Å². The monoisotopic (exact) mass is 315 g/mol. The van der Waals surface area contributed by atoms with Crippen LogP contribution in [0.2, 0.25) is 0 Å². The Morgan fingerprint density at radius 2 is 2.00 bits per heavy atom. The van der Waals surface area contributed by atoms with Gasteiger partial charge in [-0.25, -0.2) is 4.79 Å². The topological polar surface area (TPSA) is 46.6 Å². The number of hydrogen-bond donors (Lipinski definition) is 0. The molecule has 5 heteroatoms. The average molecular weight is 315 g/mol. The molecule has 0 N–H and O–H groups in total. The first-order valence-corrected chi connectivity index (χ1v) is 8.07. The fourth-order valence-electron chi connectivity index (χ4n) is 2.52. The number of benzene rings is 1. The molecule has 114 valence electrons. The summed E-state index contributed by atoms with van der Waals surface area (Å²) in [6, 6.07) is 11.2. The number of likely N-dealkylation sites (N-methyl/N-ethyl adjacent to an activating group) is 1. The van der Waals surface area contributed by atoms with Crippen molar-refractivity contribution < 1.29 is 14.3 Å². The van der Waals surface area contributed by atoms with E-state index in [1.807, 2.05) is 36.4 Å². The highest BCUT2D eigenvalue weighted by atomic mass is 32.1. The maximum Gasteiger partial charge on any atom is 0.348 e. The number of hydrogen-bond acceptors (Lipinski definition) is 4. The van der Waals surface area contributed by atoms with Crippen LogP contribution in [0.4, 0.5) is 5.69 Å². The first kappa shape index (κ1) is 14.8. The van der Waals surface area contributed by atoms with Crippen LogP contribution in [0.25, 0.3) is 0 Å². The van der Waals surface area contributed by atoms with Crippen molar-refractivity contribution in [2.75, 3.05) is 18.6 Å². The normalized spacial score (nSPS) is 12.8. The molecule has 0 fully saturated rings. The van der Waals surface area contributed by atoms with Crippen LogP contribution in [0.15, 0.2) is 36.4 Å². The number of para-hydroxylation sites is 1. The van der Waals surface area contributed by atoms with Gasteiger partial charge in [-0.3, -0.25) is 4.79 Å². The Kier molecular flexibility index (Phi) is 4.24. The van der Waals surface area contributed by atoms with Gasteiger partial charge in [0.1, 0.15) is 4.88 Å². The van der Waals surface area contributed by atoms with E-state index < -0.39 is 5.97 Å². The zero-order chi connectivity index (χ0) is 15.5. The average Bonchev–Trinajstić information content (AvgIpc) is 3.14. The van der Waals surface area contributed by atoms with Crippen LogP contribution in [0, 0.1) is 0 Å². The van der Waals surface area contributed by atoms with Gasteiger partial charge >= 0.3 is 5.97 Å². The fourth-order valence-corrected chi connectivity index (χ4v) is 3.67. The van der Waals surface area contributed by atoms with E-state index in [1.54, 1.807) is 7.05 Å². The number of nitrogens with zero attached hydrogens (tertiary/aromatic N) is 1. The first-order chi connectivity index (χ1) is 10.6. The van der Waals surface area contributed by atoms with E-state index in [0.29, 0.717) is 4.88 Å². The number of esters is 1. The molecule has 0 aliphatic heterocycles. The zero-order valence-electron chi connectivity index (χ0n) is 12.4. The maximum atomic E-state index is 12.1. The van der Waals surface area contributed by atoms with Crippen molar-refractivity contribution in [1.82, 2.24) is 0 Å². The number of ether oxygens (including phenoxy) is 1. The molecule has 1 aromatic heterocycles. The van der Waals surface area contributed by atoms with Crippen molar-refractivity contribution in [2.45, 2.75) is 19.3 Å². The molecule has 22 heavy (non-hydrogen) atoms. The highest BCUT2D eigenvalue weighted by Gasteiger charge is 2.20. The number of anilines is 1. The van der Waals surface area contributed by atoms with Gasteiger partial charge in [0.15, 0.2) is 6.61 Å². The van der Waals surface area contributed by atoms with Crippen molar-refractivity contribution in [3.8, 4) is 0 Å². The predicted molar refractivity (Wildman–Crippen MR) is 86.5 cm³/mol. The number of rotatable bonds is 4. The third kappa shape index (κ3) is 3.04. The SMILES string of the molecule is CN(C(=O)COC(=O)c1cc2c(s1)CCC2)c1ccccc1. The molecule has 1 amide bonds. The van der Waals surface area contributed by atoms with Crippen LogP contribution in [-0.2, 0) is 22.4 Å². The summed E-state index contributed by atoms with van der Waals surface area (Å²) in [5.41, 5.74) is 2.03. The molecule has 0 saturated carbocycles. The Labute approximate surface area is 133 Å². The lowest BCUT2D eigenvalue weighted by atomic mass is 10.2. The smallest absolute Gasteiger partial charge is 0.348 e. The van der Waals surface area contributed by atoms with E-state index in [-0.39, 0.29) is 12.5 Å². The quantitative estimate of drug-likeness (QED) is 0.815. The molecule has 0 radical (unpaired) electrons. The van der Waals surface area contributed by atoms with Crippen molar-refractivity contribution in [3.63, 3.8) is 0 Å². The first-order valence-electron chi connectivity index (χ1n) is 7.25. The van der Waals surface area contributed by atoms with Crippen LogP contribution < -0.4 is 4.90 Å². The molecule has 0 atom stereocenters. The number of thiophene rings is 1. The van der Waals surface area contributed by atoms with Crippen molar-refractivity contribution >= 4 is 28.9 Å². The summed E-state index contributed by atoms with van der Waals surface area (Å²) in [5.74, 6) is -0.655. The largest absolute Gasteiger partial charge is 0.451 e. The molecule has 0 saturated heterocycles. The Morgan fingerprint density at radius 1 is 1.23 bits per heavy atom. The Morgan fingerprint density at radius 3 is 2.73 bits per heavy atom. The van der Waals surface area contributed by atoms with Crippen LogP contribution in [0.3, 0.4) is 0 Å². The summed E-state index contributed by atoms with van der Waals surface area (Å²) in [4.78, 5) is 27.5. The Balaban J connectivity index is 1.57. The minimum absolute atomic E-state index is 0.243. The van der Waals surface area contributed by atoms with Gasteiger partial charge in [-0.15, -0.1) is 11.3 Å². The van der Waals surface area contributed by atoms with Gasteiger partial charge in [0, 0.05) is 17.6 Å². The lowest BCUT2D eigenvalue weighted by Crippen LogP contribution is -2.30. The van der Waals surface area contributed by atoms with Crippen molar-refractivity contribution in [1.29, 1.82) is 0 Å². The third-order valence-corrected chi connectivity index (χ3v) is 5.01. The molecular formula is C17H17NO3S. The van der Waals surface area contributed by atoms with Crippen LogP contribution in [0.1, 0.15) is 26.5 Å². The number of carbonyl (C=O) groups excluding carboxylic acids is 2. The Bertz CT molecular complexity index is 672. The second-order valence-corrected chi connectivity index (χ2v) is 6.41. The highest BCUT2D eigenvalue weighted by molar-refractivity contribution is 7.14. The number of amides is 1. The van der Waals surface area contributed by atoms with Gasteiger partial charge in [-0.05, 0) is 43.0 Å². The molecule has 2 aromatic rings. The summed E-state index contributed by atoms with van der Waals surface area (Å²) in [5, 5.41) is 0. The zero-order valence-corrected chi connectivity index (χ0v) is 13.2. The predicted octanol–water partition coefficient (Wildman–Crippen LogP) is 3.06. The standard InChI is InChI=1S/C17H17NO3S/c1-18(13-7-3-2-4-8-13)16(19)11-21-17(20)15-10-12-6-5-9-14(12)22-15/h2-4,7-8,10H,5-6,9,11H2,1H3. The van der Waals surface area contributed by atoms with Crippen molar-refractivity contribution in [3.05, 3.63) is 51.7 Å². The second-order valence-electron chi connectivity index (χ2n) is 5.28. The molecule has 4 nitrogen and oxygen atoms in total. The molecule has 1 aliphatic carbocycles. The molecule has 1 heterocycles. The van der Waals surface area contributed by atoms with Crippen molar-refractivity contribution in [2.24, 2.45) is 0 Å². The van der Waals surface area contributed by atoms with Gasteiger partial charge in [-0.1, -0.05) is 18.2 Å². The van der Waals surface area contributed by atoms with E-state index in [1.165, 1.54) is 26.7 Å². The van der Waals surface area contributed by atoms with Gasteiger partial charge < -0.3 is 9.64 Å². The van der Waals surface area contributed by atoms with Gasteiger partial charge in [0.2, 0.25) is 0 Å². The summed E-state index contributed by atoms with van der Waals surface area (Å²) in [6.07, 6.45) is 3.24. The number of fused-ring (bicyclic) bond motifs is 1. The summed E-state index contributed by atoms with van der Waals surface area (Å²) in [6.45, 7) is -0.243. The van der Waals surface area contributed by atoms with Gasteiger partial charge in [-0.2, -0.15) is 0 Å². The fraction of sp³-hybridized carbons (Fsp3) is 0.294.